The van der Waals surface area contributed by atoms with Gasteiger partial charge in [-0.1, -0.05) is 24.3 Å². The number of aromatic nitrogens is 1. The highest BCUT2D eigenvalue weighted by Crippen LogP contribution is 2.38. The monoisotopic (exact) mass is 389 g/mol. The molecule has 4 nitrogen and oxygen atoms in total. The third-order valence-electron chi connectivity index (χ3n) is 5.55. The maximum Gasteiger partial charge on any atom is 0.269 e. The molecule has 0 saturated carbocycles. The molecule has 2 N–H and O–H groups in total. The van der Waals surface area contributed by atoms with Gasteiger partial charge in [-0.2, -0.15) is 0 Å². The summed E-state index contributed by atoms with van der Waals surface area (Å²) >= 11 is 0. The molecule has 4 rings (SSSR count). The van der Waals surface area contributed by atoms with E-state index in [9.17, 15) is 9.18 Å². The van der Waals surface area contributed by atoms with E-state index in [2.05, 4.69) is 35.5 Å². The van der Waals surface area contributed by atoms with Crippen molar-refractivity contribution in [2.24, 2.45) is 0 Å². The van der Waals surface area contributed by atoms with Crippen LogP contribution in [-0.4, -0.2) is 31.0 Å². The number of pyridine rings is 1. The predicted octanol–water partition coefficient (Wildman–Crippen LogP) is 4.39. The van der Waals surface area contributed by atoms with E-state index in [0.717, 1.165) is 36.0 Å². The van der Waals surface area contributed by atoms with Crippen molar-refractivity contribution in [3.63, 3.8) is 0 Å². The maximum absolute atomic E-state index is 14.7. The molecule has 0 radical (unpaired) electrons. The Morgan fingerprint density at radius 3 is 2.66 bits per heavy atom. The summed E-state index contributed by atoms with van der Waals surface area (Å²) < 4.78 is 14.7. The second kappa shape index (κ2) is 7.76. The van der Waals surface area contributed by atoms with Crippen LogP contribution >= 0.6 is 0 Å². The molecule has 0 saturated heterocycles. The molecular formula is C24H24FN3O. The van der Waals surface area contributed by atoms with Gasteiger partial charge < -0.3 is 10.6 Å². The number of amides is 1. The number of rotatable bonds is 3. The van der Waals surface area contributed by atoms with Crippen LogP contribution in [0.4, 0.5) is 4.39 Å². The minimum Gasteiger partial charge on any atom is -0.354 e. The molecule has 0 unspecified atom stereocenters. The number of carbonyl (C=O) groups excluding carboxylic acids is 1. The summed E-state index contributed by atoms with van der Waals surface area (Å²) in [6, 6.07) is 10.4. The predicted molar refractivity (Wildman–Crippen MR) is 115 cm³/mol. The Hall–Kier alpha value is -3.05. The number of halogens is 1. The number of nitrogens with one attached hydrogen (secondary N) is 2. The van der Waals surface area contributed by atoms with E-state index < -0.39 is 0 Å². The van der Waals surface area contributed by atoms with Gasteiger partial charge >= 0.3 is 0 Å². The largest absolute Gasteiger partial charge is 0.354 e. The molecule has 0 atom stereocenters. The van der Waals surface area contributed by atoms with Crippen molar-refractivity contribution < 1.29 is 9.18 Å². The Bertz CT molecular complexity index is 1150. The molecule has 0 spiro atoms. The first-order valence-corrected chi connectivity index (χ1v) is 9.83. The van der Waals surface area contributed by atoms with Gasteiger partial charge in [0.1, 0.15) is 11.5 Å². The fourth-order valence-electron chi connectivity index (χ4n) is 4.24. The molecule has 2 aromatic carbocycles. The highest BCUT2D eigenvalue weighted by Gasteiger charge is 2.20. The van der Waals surface area contributed by atoms with Gasteiger partial charge in [-0.3, -0.25) is 4.79 Å². The fraction of sp³-hybridized carbons (Fsp3) is 0.250. The molecular weight excluding hydrogens is 365 g/mol. The summed E-state index contributed by atoms with van der Waals surface area (Å²) in [5.74, 6) is -0.601. The topological polar surface area (TPSA) is 54.0 Å². The average molecular weight is 389 g/mol. The smallest absolute Gasteiger partial charge is 0.269 e. The van der Waals surface area contributed by atoms with Gasteiger partial charge in [0, 0.05) is 24.5 Å². The quantitative estimate of drug-likeness (QED) is 0.698. The molecule has 1 aliphatic rings. The first-order chi connectivity index (χ1) is 14.0. The Kier molecular flexibility index (Phi) is 5.16. The van der Waals surface area contributed by atoms with E-state index in [4.69, 9.17) is 0 Å². The minimum absolute atomic E-state index is 0.283. The van der Waals surface area contributed by atoms with Crippen LogP contribution < -0.4 is 10.6 Å². The van der Waals surface area contributed by atoms with Crippen LogP contribution in [0.1, 0.15) is 33.6 Å². The highest BCUT2D eigenvalue weighted by molar-refractivity contribution is 6.04. The third kappa shape index (κ3) is 3.42. The third-order valence-corrected chi connectivity index (χ3v) is 5.55. The highest BCUT2D eigenvalue weighted by atomic mass is 19.1. The molecule has 0 aliphatic carbocycles. The lowest BCUT2D eigenvalue weighted by Crippen LogP contribution is -2.21. The molecule has 3 aromatic rings. The van der Waals surface area contributed by atoms with Crippen LogP contribution in [0.15, 0.2) is 42.5 Å². The SMILES string of the molecule is CNC(=O)c1cc(-c2ccccc2F)c2c(C)c(C3=CCNCC3)c(C)cc2n1. The maximum atomic E-state index is 14.7. The van der Waals surface area contributed by atoms with E-state index >= 15 is 0 Å². The van der Waals surface area contributed by atoms with Crippen molar-refractivity contribution in [3.05, 3.63) is 70.7 Å². The molecule has 0 fully saturated rings. The van der Waals surface area contributed by atoms with Crippen molar-refractivity contribution in [1.82, 2.24) is 15.6 Å². The van der Waals surface area contributed by atoms with Crippen LogP contribution in [0, 0.1) is 19.7 Å². The van der Waals surface area contributed by atoms with Crippen molar-refractivity contribution in [2.75, 3.05) is 20.1 Å². The van der Waals surface area contributed by atoms with Crippen LogP contribution in [0.3, 0.4) is 0 Å². The number of hydrogen-bond donors (Lipinski definition) is 2. The number of carbonyl (C=O) groups is 1. The minimum atomic E-state index is -0.314. The van der Waals surface area contributed by atoms with Crippen LogP contribution in [0.25, 0.3) is 27.6 Å². The number of fused-ring (bicyclic) bond motifs is 1. The molecule has 0 bridgehead atoms. The zero-order chi connectivity index (χ0) is 20.5. The van der Waals surface area contributed by atoms with Gasteiger partial charge in [0.2, 0.25) is 0 Å². The van der Waals surface area contributed by atoms with E-state index in [0.29, 0.717) is 16.6 Å². The van der Waals surface area contributed by atoms with Crippen LogP contribution in [0.5, 0.6) is 0 Å². The van der Waals surface area contributed by atoms with E-state index in [1.807, 2.05) is 12.1 Å². The normalized spacial score (nSPS) is 14.0. The molecule has 148 valence electrons. The molecule has 29 heavy (non-hydrogen) atoms. The molecule has 1 aromatic heterocycles. The van der Waals surface area contributed by atoms with Crippen LogP contribution in [0.2, 0.25) is 0 Å². The van der Waals surface area contributed by atoms with Gasteiger partial charge in [-0.25, -0.2) is 9.37 Å². The molecule has 2 heterocycles. The first-order valence-electron chi connectivity index (χ1n) is 9.83. The Morgan fingerprint density at radius 1 is 1.17 bits per heavy atom. The lowest BCUT2D eigenvalue weighted by Gasteiger charge is -2.21. The van der Waals surface area contributed by atoms with Gasteiger partial charge in [-0.15, -0.1) is 0 Å². The molecule has 1 aliphatic heterocycles. The second-order valence-corrected chi connectivity index (χ2v) is 7.39. The fourth-order valence-corrected chi connectivity index (χ4v) is 4.24. The Balaban J connectivity index is 2.08. The van der Waals surface area contributed by atoms with Gasteiger partial charge in [-0.05, 0) is 72.8 Å². The van der Waals surface area contributed by atoms with Gasteiger partial charge in [0.25, 0.3) is 5.91 Å². The Morgan fingerprint density at radius 2 is 1.97 bits per heavy atom. The molecule has 5 heteroatoms. The van der Waals surface area contributed by atoms with Crippen molar-refractivity contribution in [1.29, 1.82) is 0 Å². The zero-order valence-corrected chi connectivity index (χ0v) is 16.9. The number of nitrogens with zero attached hydrogens (tertiary/aromatic N) is 1. The lowest BCUT2D eigenvalue weighted by molar-refractivity contribution is 0.0958. The standard InChI is InChI=1S/C24H24FN3O/c1-14-12-20-23(15(2)22(14)16-8-10-27-11-9-16)18(13-21(28-20)24(29)26-3)17-6-4-5-7-19(17)25/h4-8,12-13,27H,9-11H2,1-3H3,(H,26,29). The average Bonchev–Trinajstić information content (AvgIpc) is 2.73. The van der Waals surface area contributed by atoms with Crippen molar-refractivity contribution >= 4 is 22.4 Å². The lowest BCUT2D eigenvalue weighted by atomic mass is 9.87. The first kappa shape index (κ1) is 19.3. The number of aryl methyl sites for hydroxylation is 2. The van der Waals surface area contributed by atoms with E-state index in [1.54, 1.807) is 25.2 Å². The second-order valence-electron chi connectivity index (χ2n) is 7.39. The summed E-state index contributed by atoms with van der Waals surface area (Å²) in [6.07, 6.45) is 3.17. The van der Waals surface area contributed by atoms with Crippen molar-refractivity contribution in [2.45, 2.75) is 20.3 Å². The summed E-state index contributed by atoms with van der Waals surface area (Å²) in [7, 11) is 1.57. The zero-order valence-electron chi connectivity index (χ0n) is 16.9. The number of hydrogen-bond acceptors (Lipinski definition) is 3. The van der Waals surface area contributed by atoms with Crippen LogP contribution in [-0.2, 0) is 0 Å². The Labute approximate surface area is 169 Å². The summed E-state index contributed by atoms with van der Waals surface area (Å²) in [5.41, 5.74) is 6.85. The van der Waals surface area contributed by atoms with Gasteiger partial charge in [0.05, 0.1) is 5.52 Å². The summed E-state index contributed by atoms with van der Waals surface area (Å²) in [4.78, 5) is 16.9. The van der Waals surface area contributed by atoms with Gasteiger partial charge in [0.15, 0.2) is 0 Å². The van der Waals surface area contributed by atoms with E-state index in [1.165, 1.54) is 17.2 Å². The van der Waals surface area contributed by atoms with Crippen molar-refractivity contribution in [3.8, 4) is 11.1 Å². The summed E-state index contributed by atoms with van der Waals surface area (Å²) in [6.45, 7) is 5.93. The summed E-state index contributed by atoms with van der Waals surface area (Å²) in [5, 5.41) is 6.86. The number of benzene rings is 2. The van der Waals surface area contributed by atoms with E-state index in [-0.39, 0.29) is 17.4 Å². The molecule has 1 amide bonds.